The minimum atomic E-state index is -0.753. The number of fused-ring (bicyclic) bond motifs is 2. The molecule has 0 spiro atoms. The first-order valence-electron chi connectivity index (χ1n) is 9.57. The van der Waals surface area contributed by atoms with Crippen LogP contribution in [-0.2, 0) is 18.9 Å². The molecule has 2 fully saturated rings. The van der Waals surface area contributed by atoms with E-state index in [4.69, 9.17) is 18.9 Å². The van der Waals surface area contributed by atoms with Gasteiger partial charge in [-0.2, -0.15) is 0 Å². The third kappa shape index (κ3) is 3.46. The predicted octanol–water partition coefficient (Wildman–Crippen LogP) is 3.52. The number of aryl methyl sites for hydroxylation is 1. The molecule has 1 aliphatic heterocycles. The smallest absolute Gasteiger partial charge is 0.429 e. The Labute approximate surface area is 164 Å². The number of nitrogens with zero attached hydrogens (tertiary/aromatic N) is 3. The Kier molecular flexibility index (Phi) is 4.39. The van der Waals surface area contributed by atoms with E-state index in [1.54, 1.807) is 27.1 Å². The molecular weight excluding hydrogens is 362 g/mol. The van der Waals surface area contributed by atoms with Gasteiger partial charge in [-0.3, -0.25) is 0 Å². The molecule has 0 radical (unpaired) electrons. The van der Waals surface area contributed by atoms with Crippen LogP contribution in [-0.4, -0.2) is 50.4 Å². The molecule has 1 aliphatic carbocycles. The zero-order valence-corrected chi connectivity index (χ0v) is 17.1. The van der Waals surface area contributed by atoms with Gasteiger partial charge in [-0.15, -0.1) is 0 Å². The molecule has 2 aromatic rings. The Morgan fingerprint density at radius 3 is 2.68 bits per heavy atom. The van der Waals surface area contributed by atoms with Crippen LogP contribution in [0, 0.1) is 6.92 Å². The highest BCUT2D eigenvalue weighted by molar-refractivity contribution is 5.78. The lowest BCUT2D eigenvalue weighted by molar-refractivity contribution is -0.168. The number of rotatable bonds is 2. The van der Waals surface area contributed by atoms with Crippen molar-refractivity contribution in [3.8, 4) is 0 Å². The molecule has 1 saturated heterocycles. The van der Waals surface area contributed by atoms with Gasteiger partial charge in [0.15, 0.2) is 5.79 Å². The Morgan fingerprint density at radius 2 is 1.96 bits per heavy atom. The highest BCUT2D eigenvalue weighted by Crippen LogP contribution is 2.46. The van der Waals surface area contributed by atoms with Gasteiger partial charge in [0.05, 0.1) is 11.7 Å². The second-order valence-corrected chi connectivity index (χ2v) is 8.91. The lowest BCUT2D eigenvalue weighted by atomic mass is 10.2. The minimum absolute atomic E-state index is 0.0778. The number of carbonyl (C=O) groups excluding carboxylic acids is 1. The van der Waals surface area contributed by atoms with Crippen molar-refractivity contribution in [2.45, 2.75) is 83.7 Å². The minimum Gasteiger partial charge on any atom is -0.429 e. The van der Waals surface area contributed by atoms with Crippen molar-refractivity contribution in [3.05, 3.63) is 24.3 Å². The average Bonchev–Trinajstić information content (AvgIpc) is 3.18. The molecule has 0 N–H and O–H groups in total. The van der Waals surface area contributed by atoms with Gasteiger partial charge in [-0.25, -0.2) is 14.8 Å². The summed E-state index contributed by atoms with van der Waals surface area (Å²) < 4.78 is 25.3. The summed E-state index contributed by atoms with van der Waals surface area (Å²) in [5, 5.41) is 0.994. The molecule has 152 valence electrons. The SMILES string of the molecule is Cc1ncnc2c1ccn2[C@@H]1C[C@H](OC(=O)OC(C)(C)C)[C@H]2OC(C)(C)OC12. The van der Waals surface area contributed by atoms with Gasteiger partial charge in [0.25, 0.3) is 0 Å². The van der Waals surface area contributed by atoms with Crippen molar-refractivity contribution in [1.29, 1.82) is 0 Å². The third-order valence-electron chi connectivity index (χ3n) is 5.09. The molecule has 1 saturated carbocycles. The maximum absolute atomic E-state index is 12.2. The standard InChI is InChI=1S/C20H27N3O5/c1-11-12-7-8-23(17(12)22-10-21-11)13-9-14(25-18(24)28-19(2,3)4)16-15(13)26-20(5,6)27-16/h7-8,10,13-16H,9H2,1-6H3/t13-,14+,15?,16-/m1/s1. The Balaban J connectivity index is 1.63. The summed E-state index contributed by atoms with van der Waals surface area (Å²) in [6.07, 6.45) is 2.32. The van der Waals surface area contributed by atoms with Crippen LogP contribution in [0.1, 0.15) is 52.8 Å². The monoisotopic (exact) mass is 389 g/mol. The van der Waals surface area contributed by atoms with Crippen molar-refractivity contribution in [3.63, 3.8) is 0 Å². The van der Waals surface area contributed by atoms with Gasteiger partial charge in [-0.1, -0.05) is 0 Å². The summed E-state index contributed by atoms with van der Waals surface area (Å²) in [4.78, 5) is 21.0. The summed E-state index contributed by atoms with van der Waals surface area (Å²) in [7, 11) is 0. The number of ether oxygens (including phenoxy) is 4. The van der Waals surface area contributed by atoms with Crippen LogP contribution in [0.4, 0.5) is 4.79 Å². The fourth-order valence-corrected chi connectivity index (χ4v) is 4.06. The number of carbonyl (C=O) groups is 1. The number of hydrogen-bond acceptors (Lipinski definition) is 7. The molecule has 0 amide bonds. The van der Waals surface area contributed by atoms with Crippen LogP contribution in [0.5, 0.6) is 0 Å². The molecule has 1 unspecified atom stereocenters. The molecule has 8 heteroatoms. The molecule has 2 aromatic heterocycles. The Morgan fingerprint density at radius 1 is 1.25 bits per heavy atom. The van der Waals surface area contributed by atoms with Gasteiger partial charge in [0.2, 0.25) is 0 Å². The van der Waals surface area contributed by atoms with Gasteiger partial charge < -0.3 is 23.5 Å². The first-order valence-corrected chi connectivity index (χ1v) is 9.57. The van der Waals surface area contributed by atoms with Crippen molar-refractivity contribution >= 4 is 17.2 Å². The van der Waals surface area contributed by atoms with Crippen LogP contribution in [0.25, 0.3) is 11.0 Å². The van der Waals surface area contributed by atoms with E-state index in [1.807, 2.05) is 33.0 Å². The highest BCUT2D eigenvalue weighted by atomic mass is 16.8. The number of aromatic nitrogens is 3. The lowest BCUT2D eigenvalue weighted by Crippen LogP contribution is -2.34. The van der Waals surface area contributed by atoms with Gasteiger partial charge in [-0.05, 0) is 47.6 Å². The number of hydrogen-bond donors (Lipinski definition) is 0. The second kappa shape index (κ2) is 6.42. The first-order chi connectivity index (χ1) is 13.0. The van der Waals surface area contributed by atoms with E-state index in [-0.39, 0.29) is 18.2 Å². The normalized spacial score (nSPS) is 29.1. The molecule has 8 nitrogen and oxygen atoms in total. The third-order valence-corrected chi connectivity index (χ3v) is 5.09. The summed E-state index contributed by atoms with van der Waals surface area (Å²) >= 11 is 0. The van der Waals surface area contributed by atoms with E-state index in [1.165, 1.54) is 0 Å². The molecule has 0 bridgehead atoms. The van der Waals surface area contributed by atoms with Crippen LogP contribution in [0.2, 0.25) is 0 Å². The molecule has 3 heterocycles. The molecule has 4 atom stereocenters. The van der Waals surface area contributed by atoms with E-state index in [2.05, 4.69) is 14.5 Å². The fraction of sp³-hybridized carbons (Fsp3) is 0.650. The van der Waals surface area contributed by atoms with E-state index < -0.39 is 23.6 Å². The summed E-state index contributed by atoms with van der Waals surface area (Å²) in [5.41, 5.74) is 1.14. The first kappa shape index (κ1) is 19.1. The zero-order valence-electron chi connectivity index (χ0n) is 17.1. The topological polar surface area (TPSA) is 84.7 Å². The van der Waals surface area contributed by atoms with Crippen molar-refractivity contribution in [2.75, 3.05) is 0 Å². The van der Waals surface area contributed by atoms with E-state index in [0.717, 1.165) is 16.7 Å². The van der Waals surface area contributed by atoms with Gasteiger partial charge in [0, 0.05) is 18.0 Å². The van der Waals surface area contributed by atoms with E-state index in [0.29, 0.717) is 6.42 Å². The lowest BCUT2D eigenvalue weighted by Gasteiger charge is -2.25. The van der Waals surface area contributed by atoms with E-state index in [9.17, 15) is 4.79 Å². The Bertz CT molecular complexity index is 901. The molecule has 2 aliphatic rings. The van der Waals surface area contributed by atoms with Crippen LogP contribution in [0.3, 0.4) is 0 Å². The predicted molar refractivity (Wildman–Crippen MR) is 101 cm³/mol. The fourth-order valence-electron chi connectivity index (χ4n) is 4.06. The van der Waals surface area contributed by atoms with Crippen LogP contribution in [0.15, 0.2) is 18.6 Å². The van der Waals surface area contributed by atoms with Gasteiger partial charge >= 0.3 is 6.16 Å². The second-order valence-electron chi connectivity index (χ2n) is 8.91. The summed E-state index contributed by atoms with van der Waals surface area (Å²) in [6, 6.07) is 1.92. The molecule has 4 rings (SSSR count). The van der Waals surface area contributed by atoms with Crippen molar-refractivity contribution in [1.82, 2.24) is 14.5 Å². The van der Waals surface area contributed by atoms with Crippen LogP contribution >= 0.6 is 0 Å². The van der Waals surface area contributed by atoms with Crippen molar-refractivity contribution < 1.29 is 23.7 Å². The molecule has 28 heavy (non-hydrogen) atoms. The molecular formula is C20H27N3O5. The Hall–Kier alpha value is -2.19. The van der Waals surface area contributed by atoms with Crippen LogP contribution < -0.4 is 0 Å². The summed E-state index contributed by atoms with van der Waals surface area (Å²) in [6.45, 7) is 11.1. The van der Waals surface area contributed by atoms with E-state index >= 15 is 0 Å². The largest absolute Gasteiger partial charge is 0.509 e. The highest BCUT2D eigenvalue weighted by Gasteiger charge is 2.56. The maximum Gasteiger partial charge on any atom is 0.509 e. The molecule has 0 aromatic carbocycles. The summed E-state index contributed by atoms with van der Waals surface area (Å²) in [5.74, 6) is -0.753. The van der Waals surface area contributed by atoms with Gasteiger partial charge in [0.1, 0.15) is 35.9 Å². The maximum atomic E-state index is 12.2. The zero-order chi connectivity index (χ0) is 20.3. The van der Waals surface area contributed by atoms with Crippen molar-refractivity contribution in [2.24, 2.45) is 0 Å². The average molecular weight is 389 g/mol. The quantitative estimate of drug-likeness (QED) is 0.727.